The predicted octanol–water partition coefficient (Wildman–Crippen LogP) is -1.90. The van der Waals surface area contributed by atoms with E-state index >= 15 is 0 Å². The van der Waals surface area contributed by atoms with Gasteiger partial charge < -0.3 is 18.1 Å². The van der Waals surface area contributed by atoms with Crippen LogP contribution >= 0.6 is 0 Å². The Labute approximate surface area is 121 Å². The lowest BCUT2D eigenvalue weighted by Crippen LogP contribution is -3.00. The van der Waals surface area contributed by atoms with Gasteiger partial charge >= 0.3 is 0 Å². The Morgan fingerprint density at radius 1 is 1.10 bits per heavy atom. The number of aromatic nitrogens is 1. The minimum Gasteiger partial charge on any atom is -1.00 e. The summed E-state index contributed by atoms with van der Waals surface area (Å²) < 4.78 is 14.3. The molecule has 0 atom stereocenters. The first-order chi connectivity index (χ1) is 9.06. The van der Waals surface area contributed by atoms with Gasteiger partial charge in [-0.05, 0) is 30.3 Å². The average Bonchev–Trinajstić information content (AvgIpc) is 2.39. The Morgan fingerprint density at radius 3 is 2.35 bits per heavy atom. The lowest BCUT2D eigenvalue weighted by molar-refractivity contribution is -0.683. The molecule has 0 radical (unpaired) electrons. The second kappa shape index (κ2) is 6.77. The van der Waals surface area contributed by atoms with Crippen molar-refractivity contribution in [3.8, 4) is 0 Å². The van der Waals surface area contributed by atoms with Gasteiger partial charge in [0.15, 0.2) is 12.4 Å². The van der Waals surface area contributed by atoms with Crippen molar-refractivity contribution in [3.63, 3.8) is 0 Å². The van der Waals surface area contributed by atoms with E-state index in [4.69, 9.17) is 5.73 Å². The second-order valence-corrected chi connectivity index (χ2v) is 4.06. The number of primary amides is 1. The smallest absolute Gasteiger partial charge is 0.254 e. The largest absolute Gasteiger partial charge is 1.00 e. The van der Waals surface area contributed by atoms with Crippen molar-refractivity contribution >= 4 is 11.7 Å². The highest BCUT2D eigenvalue weighted by Gasteiger charge is 2.13. The molecule has 0 spiro atoms. The van der Waals surface area contributed by atoms with Gasteiger partial charge in [0.25, 0.3) is 5.91 Å². The fourth-order valence-corrected chi connectivity index (χ4v) is 1.66. The van der Waals surface area contributed by atoms with Crippen molar-refractivity contribution in [2.45, 2.75) is 6.54 Å². The van der Waals surface area contributed by atoms with Crippen LogP contribution in [0.4, 0.5) is 4.39 Å². The summed E-state index contributed by atoms with van der Waals surface area (Å²) in [7, 11) is 0. The highest BCUT2D eigenvalue weighted by atomic mass is 35.5. The summed E-state index contributed by atoms with van der Waals surface area (Å²) in [6.45, 7) is 0.0623. The zero-order valence-corrected chi connectivity index (χ0v) is 11.2. The van der Waals surface area contributed by atoms with Gasteiger partial charge in [-0.25, -0.2) is 4.39 Å². The van der Waals surface area contributed by atoms with E-state index in [1.165, 1.54) is 30.5 Å². The van der Waals surface area contributed by atoms with Gasteiger partial charge in [-0.1, -0.05) is 0 Å². The molecule has 104 valence electrons. The highest BCUT2D eigenvalue weighted by molar-refractivity contribution is 5.95. The third kappa shape index (κ3) is 3.86. The number of halogens is 2. The van der Waals surface area contributed by atoms with Crippen molar-refractivity contribution in [3.05, 3.63) is 65.7 Å². The van der Waals surface area contributed by atoms with Crippen molar-refractivity contribution < 1.29 is 31.0 Å². The van der Waals surface area contributed by atoms with E-state index in [1.807, 2.05) is 0 Å². The van der Waals surface area contributed by atoms with Crippen LogP contribution in [0.2, 0.25) is 0 Å². The molecule has 0 bridgehead atoms. The van der Waals surface area contributed by atoms with Gasteiger partial charge in [0.05, 0.1) is 0 Å². The summed E-state index contributed by atoms with van der Waals surface area (Å²) in [5.41, 5.74) is 5.91. The first-order valence-electron chi connectivity index (χ1n) is 5.64. The molecular weight excluding hydrogens is 283 g/mol. The molecule has 1 aromatic carbocycles. The van der Waals surface area contributed by atoms with Crippen LogP contribution in [0.5, 0.6) is 0 Å². The Bertz CT molecular complexity index is 629. The van der Waals surface area contributed by atoms with Gasteiger partial charge in [-0.3, -0.25) is 9.59 Å². The standard InChI is InChI=1S/C14H11FN2O2.ClH/c15-12-5-3-10(4-6-12)13(18)9-17-7-1-2-11(8-17)14(16)19;/h1-8H,9H2,(H-,16,19);1H. The molecule has 2 aromatic rings. The summed E-state index contributed by atoms with van der Waals surface area (Å²) in [6, 6.07) is 8.53. The Morgan fingerprint density at radius 2 is 1.75 bits per heavy atom. The topological polar surface area (TPSA) is 64.0 Å². The Balaban J connectivity index is 0.00000200. The van der Waals surface area contributed by atoms with Gasteiger partial charge in [0.2, 0.25) is 12.3 Å². The van der Waals surface area contributed by atoms with Gasteiger partial charge in [-0.2, -0.15) is 4.57 Å². The van der Waals surface area contributed by atoms with Crippen LogP contribution in [0.25, 0.3) is 0 Å². The number of Topliss-reactive ketones (excluding diaryl/α,β-unsaturated/α-hetero) is 1. The number of hydrogen-bond donors (Lipinski definition) is 1. The lowest BCUT2D eigenvalue weighted by atomic mass is 10.1. The second-order valence-electron chi connectivity index (χ2n) is 4.06. The minimum absolute atomic E-state index is 0. The molecule has 0 unspecified atom stereocenters. The molecule has 2 N–H and O–H groups in total. The van der Waals surface area contributed by atoms with Crippen LogP contribution in [-0.2, 0) is 6.54 Å². The zero-order chi connectivity index (χ0) is 13.8. The zero-order valence-electron chi connectivity index (χ0n) is 10.4. The van der Waals surface area contributed by atoms with Crippen LogP contribution in [0.1, 0.15) is 20.7 Å². The predicted molar refractivity (Wildman–Crippen MR) is 65.9 cm³/mol. The lowest BCUT2D eigenvalue weighted by Gasteiger charge is -1.99. The quantitative estimate of drug-likeness (QED) is 0.529. The number of rotatable bonds is 4. The molecule has 1 amide bonds. The van der Waals surface area contributed by atoms with Gasteiger partial charge in [-0.15, -0.1) is 0 Å². The molecule has 0 fully saturated rings. The van der Waals surface area contributed by atoms with Crippen LogP contribution in [0.3, 0.4) is 0 Å². The molecule has 1 aromatic heterocycles. The average molecular weight is 295 g/mol. The first-order valence-corrected chi connectivity index (χ1v) is 5.64. The third-order valence-electron chi connectivity index (χ3n) is 2.64. The molecule has 4 nitrogen and oxygen atoms in total. The van der Waals surface area contributed by atoms with Crippen molar-refractivity contribution in [2.24, 2.45) is 5.73 Å². The van der Waals surface area contributed by atoms with Crippen molar-refractivity contribution in [2.75, 3.05) is 0 Å². The molecule has 0 saturated carbocycles. The highest BCUT2D eigenvalue weighted by Crippen LogP contribution is 2.04. The van der Waals surface area contributed by atoms with Crippen LogP contribution in [-0.4, -0.2) is 11.7 Å². The fourth-order valence-electron chi connectivity index (χ4n) is 1.66. The van der Waals surface area contributed by atoms with Crippen LogP contribution in [0.15, 0.2) is 48.8 Å². The molecule has 20 heavy (non-hydrogen) atoms. The van der Waals surface area contributed by atoms with Gasteiger partial charge in [0, 0.05) is 11.6 Å². The summed E-state index contributed by atoms with van der Waals surface area (Å²) in [4.78, 5) is 23.0. The van der Waals surface area contributed by atoms with E-state index in [0.717, 1.165) is 0 Å². The molecule has 2 rings (SSSR count). The number of benzene rings is 1. The maximum Gasteiger partial charge on any atom is 0.254 e. The SMILES string of the molecule is NC(=O)c1ccc[n+](CC(=O)c2ccc(F)cc2)c1.[Cl-]. The number of nitrogens with two attached hydrogens (primary N) is 1. The number of carbonyl (C=O) groups excluding carboxylic acids is 2. The van der Waals surface area contributed by atoms with E-state index in [1.54, 1.807) is 22.9 Å². The summed E-state index contributed by atoms with van der Waals surface area (Å²) in [5.74, 6) is -1.12. The minimum atomic E-state index is -0.552. The number of nitrogens with zero attached hydrogens (tertiary/aromatic N) is 1. The maximum atomic E-state index is 12.8. The molecule has 0 aliphatic rings. The number of carbonyl (C=O) groups is 2. The molecule has 1 heterocycles. The number of hydrogen-bond acceptors (Lipinski definition) is 2. The monoisotopic (exact) mass is 294 g/mol. The fraction of sp³-hybridized carbons (Fsp3) is 0.0714. The molecule has 0 aliphatic heterocycles. The van der Waals surface area contributed by atoms with E-state index in [-0.39, 0.29) is 30.6 Å². The van der Waals surface area contributed by atoms with Crippen LogP contribution < -0.4 is 22.7 Å². The third-order valence-corrected chi connectivity index (χ3v) is 2.64. The van der Waals surface area contributed by atoms with Crippen LogP contribution in [0, 0.1) is 5.82 Å². The molecule has 0 aliphatic carbocycles. The Hall–Kier alpha value is -2.27. The Kier molecular flexibility index (Phi) is 5.34. The maximum absolute atomic E-state index is 12.8. The molecular formula is C14H12ClFN2O2. The van der Waals surface area contributed by atoms with Crippen molar-refractivity contribution in [1.29, 1.82) is 0 Å². The molecule has 0 saturated heterocycles. The molecule has 6 heteroatoms. The number of ketones is 1. The normalized spacial score (nSPS) is 9.65. The van der Waals surface area contributed by atoms with Gasteiger partial charge in [0.1, 0.15) is 11.4 Å². The summed E-state index contributed by atoms with van der Waals surface area (Å²) >= 11 is 0. The summed E-state index contributed by atoms with van der Waals surface area (Å²) in [5, 5.41) is 0. The van der Waals surface area contributed by atoms with Crippen molar-refractivity contribution in [1.82, 2.24) is 0 Å². The first kappa shape index (κ1) is 15.8. The summed E-state index contributed by atoms with van der Waals surface area (Å²) in [6.07, 6.45) is 3.16. The van der Waals surface area contributed by atoms with E-state index in [2.05, 4.69) is 0 Å². The van der Waals surface area contributed by atoms with E-state index in [0.29, 0.717) is 11.1 Å². The number of amides is 1. The van der Waals surface area contributed by atoms with E-state index < -0.39 is 5.91 Å². The van der Waals surface area contributed by atoms with E-state index in [9.17, 15) is 14.0 Å². The number of pyridine rings is 1.